The number of esters is 1. The molecule has 0 spiro atoms. The number of hydrogen-bond donors (Lipinski definition) is 2. The van der Waals surface area contributed by atoms with E-state index in [-0.39, 0.29) is 18.2 Å². The van der Waals surface area contributed by atoms with Crippen LogP contribution in [0.4, 0.5) is 11.4 Å². The summed E-state index contributed by atoms with van der Waals surface area (Å²) in [6, 6.07) is 12.5. The van der Waals surface area contributed by atoms with Crippen molar-refractivity contribution in [3.05, 3.63) is 58.7 Å². The number of nitrogen functional groups attached to an aromatic ring is 2. The van der Waals surface area contributed by atoms with E-state index < -0.39 is 19.8 Å². The Kier molecular flexibility index (Phi) is 12.0. The molecule has 0 saturated carbocycles. The van der Waals surface area contributed by atoms with Crippen LogP contribution in [0.1, 0.15) is 67.9 Å². The Balaban J connectivity index is 1.62. The molecule has 2 aromatic rings. The van der Waals surface area contributed by atoms with Gasteiger partial charge in [-0.3, -0.25) is 0 Å². The van der Waals surface area contributed by atoms with Crippen molar-refractivity contribution in [3.8, 4) is 0 Å². The summed E-state index contributed by atoms with van der Waals surface area (Å²) in [7, 11) is 3.23. The van der Waals surface area contributed by atoms with Gasteiger partial charge < -0.3 is 0 Å². The zero-order valence-electron chi connectivity index (χ0n) is 22.9. The molecule has 0 aromatic heterocycles. The summed E-state index contributed by atoms with van der Waals surface area (Å²) in [5.41, 5.74) is 18.6. The standard InChI is InChI=1S/C30H45IN2O4/c1-5-22-16-21(9-13-28(22)33)17-24-8-7-15-31(24)19-26(35-3)20-37-29(6-2)27-12-11-25(32)18-23(27)10-14-30(34)36-4/h9,11-13,16,18,24,26,29H,5-8,10,14-15,17,19-20,32-33H2,1-4H3/t24-,26+,29+/m0/s1. The minimum absolute atomic E-state index is 0.0590. The summed E-state index contributed by atoms with van der Waals surface area (Å²) < 4.78 is 20.6. The van der Waals surface area contributed by atoms with Crippen molar-refractivity contribution in [2.45, 2.75) is 74.9 Å². The molecule has 0 radical (unpaired) electrons. The topological polar surface area (TPSA) is 96.8 Å². The molecule has 1 aliphatic heterocycles. The fraction of sp³-hybridized carbons (Fsp3) is 0.567. The molecule has 0 aliphatic carbocycles. The minimum atomic E-state index is -1.18. The number of alkyl halides is 3. The van der Waals surface area contributed by atoms with Gasteiger partial charge in [0.25, 0.3) is 0 Å². The molecule has 7 heteroatoms. The van der Waals surface area contributed by atoms with Crippen LogP contribution in [-0.2, 0) is 38.3 Å². The summed E-state index contributed by atoms with van der Waals surface area (Å²) in [5, 5.41) is 0. The molecule has 0 unspecified atom stereocenters. The number of aryl methyl sites for hydroxylation is 2. The molecule has 2 aromatic carbocycles. The summed E-state index contributed by atoms with van der Waals surface area (Å²) in [4.78, 5) is 11.7. The van der Waals surface area contributed by atoms with Crippen molar-refractivity contribution in [2.75, 3.05) is 41.1 Å². The number of rotatable bonds is 14. The number of methoxy groups -OCH3 is 2. The molecule has 3 rings (SSSR count). The van der Waals surface area contributed by atoms with Gasteiger partial charge in [-0.1, -0.05) is 0 Å². The zero-order valence-corrected chi connectivity index (χ0v) is 25.1. The predicted molar refractivity (Wildman–Crippen MR) is 162 cm³/mol. The summed E-state index contributed by atoms with van der Waals surface area (Å²) >= 11 is -1.18. The molecule has 0 amide bonds. The van der Waals surface area contributed by atoms with Crippen LogP contribution in [-0.4, -0.2) is 45.7 Å². The van der Waals surface area contributed by atoms with E-state index in [1.54, 1.807) is 0 Å². The van der Waals surface area contributed by atoms with Crippen molar-refractivity contribution < 1.29 is 19.0 Å². The van der Waals surface area contributed by atoms with Crippen molar-refractivity contribution >= 4 is 37.2 Å². The Hall–Kier alpha value is -1.84. The molecule has 1 heterocycles. The number of ether oxygens (including phenoxy) is 3. The van der Waals surface area contributed by atoms with E-state index in [1.807, 2.05) is 25.3 Å². The van der Waals surface area contributed by atoms with Crippen molar-refractivity contribution in [1.29, 1.82) is 0 Å². The maximum absolute atomic E-state index is 11.7. The predicted octanol–water partition coefficient (Wildman–Crippen LogP) is 5.91. The fourth-order valence-electron chi connectivity index (χ4n) is 5.08. The molecule has 37 heavy (non-hydrogen) atoms. The van der Waals surface area contributed by atoms with E-state index in [1.165, 1.54) is 41.9 Å². The van der Waals surface area contributed by atoms with E-state index in [0.29, 0.717) is 25.1 Å². The molecule has 1 saturated heterocycles. The van der Waals surface area contributed by atoms with Crippen molar-refractivity contribution in [2.24, 2.45) is 0 Å². The Labute approximate surface area is 230 Å². The second-order valence-electron chi connectivity index (χ2n) is 9.79. The number of nitrogens with two attached hydrogens (primary N) is 2. The molecule has 3 atom stereocenters. The molecular formula is C30H45IN2O4. The summed E-state index contributed by atoms with van der Waals surface area (Å²) in [5.74, 6) is -0.219. The first-order chi connectivity index (χ1) is 17.9. The van der Waals surface area contributed by atoms with Crippen LogP contribution in [0.3, 0.4) is 0 Å². The second kappa shape index (κ2) is 14.9. The first kappa shape index (κ1) is 29.7. The molecule has 6 nitrogen and oxygen atoms in total. The van der Waals surface area contributed by atoms with Crippen LogP contribution in [0.15, 0.2) is 36.4 Å². The van der Waals surface area contributed by atoms with Crippen LogP contribution >= 0.6 is 19.8 Å². The number of hydrogen-bond acceptors (Lipinski definition) is 6. The monoisotopic (exact) mass is 624 g/mol. The van der Waals surface area contributed by atoms with Gasteiger partial charge in [0.15, 0.2) is 0 Å². The number of halogens is 1. The normalized spacial score (nSPS) is 18.1. The second-order valence-corrected chi connectivity index (χ2v) is 16.4. The third-order valence-electron chi connectivity index (χ3n) is 7.27. The van der Waals surface area contributed by atoms with Crippen LogP contribution in [0.5, 0.6) is 0 Å². The first-order valence-corrected chi connectivity index (χ1v) is 17.7. The van der Waals surface area contributed by atoms with Gasteiger partial charge in [-0.25, -0.2) is 0 Å². The van der Waals surface area contributed by atoms with Crippen LogP contribution in [0.2, 0.25) is 0 Å². The van der Waals surface area contributed by atoms with E-state index in [0.717, 1.165) is 38.0 Å². The first-order valence-electron chi connectivity index (χ1n) is 13.4. The van der Waals surface area contributed by atoms with Crippen LogP contribution in [0, 0.1) is 0 Å². The van der Waals surface area contributed by atoms with Gasteiger partial charge in [0.2, 0.25) is 0 Å². The van der Waals surface area contributed by atoms with Gasteiger partial charge in [0.05, 0.1) is 0 Å². The number of benzene rings is 2. The van der Waals surface area contributed by atoms with Crippen LogP contribution in [0.25, 0.3) is 0 Å². The average Bonchev–Trinajstić information content (AvgIpc) is 3.34. The van der Waals surface area contributed by atoms with Crippen molar-refractivity contribution in [3.63, 3.8) is 0 Å². The molecule has 4 N–H and O–H groups in total. The Morgan fingerprint density at radius 1 is 1.11 bits per heavy atom. The van der Waals surface area contributed by atoms with E-state index >= 15 is 0 Å². The number of carbonyl (C=O) groups is 1. The third kappa shape index (κ3) is 8.58. The molecule has 1 fully saturated rings. The van der Waals surface area contributed by atoms with Crippen molar-refractivity contribution in [1.82, 2.24) is 0 Å². The maximum atomic E-state index is 11.7. The number of anilines is 2. The van der Waals surface area contributed by atoms with Gasteiger partial charge >= 0.3 is 231 Å². The third-order valence-corrected chi connectivity index (χ3v) is 15.1. The molecule has 206 valence electrons. The molecule has 0 bridgehead atoms. The summed E-state index contributed by atoms with van der Waals surface area (Å²) in [6.45, 7) is 4.88. The Bertz CT molecular complexity index is 1020. The molecular weight excluding hydrogens is 579 g/mol. The van der Waals surface area contributed by atoms with E-state index in [4.69, 9.17) is 25.7 Å². The van der Waals surface area contributed by atoms with Gasteiger partial charge in [-0.05, 0) is 0 Å². The Morgan fingerprint density at radius 3 is 2.62 bits per heavy atom. The number of carbonyl (C=O) groups excluding carboxylic acids is 1. The van der Waals surface area contributed by atoms with Gasteiger partial charge in [-0.2, -0.15) is 0 Å². The average molecular weight is 625 g/mol. The van der Waals surface area contributed by atoms with E-state index in [2.05, 4.69) is 32.0 Å². The van der Waals surface area contributed by atoms with E-state index in [9.17, 15) is 4.79 Å². The quantitative estimate of drug-likeness (QED) is 0.117. The zero-order chi connectivity index (χ0) is 26.8. The van der Waals surface area contributed by atoms with Crippen LogP contribution < -0.4 is 11.5 Å². The fourth-order valence-corrected chi connectivity index (χ4v) is 12.9. The van der Waals surface area contributed by atoms with Gasteiger partial charge in [0.1, 0.15) is 0 Å². The van der Waals surface area contributed by atoms with Gasteiger partial charge in [-0.15, -0.1) is 0 Å². The Morgan fingerprint density at radius 2 is 1.92 bits per heavy atom. The summed E-state index contributed by atoms with van der Waals surface area (Å²) in [6.07, 6.45) is 6.63. The van der Waals surface area contributed by atoms with Gasteiger partial charge in [0, 0.05) is 0 Å². The SMILES string of the molecule is CCc1cc(C[C@@H]2CCCI2C[C@H](CO[C@H](CC)c2ccc(N)cc2CCC(=O)OC)OC)ccc1N. The molecule has 1 aliphatic rings.